The van der Waals surface area contributed by atoms with E-state index in [0.717, 1.165) is 17.9 Å². The Balaban J connectivity index is 2.15. The highest BCUT2D eigenvalue weighted by Crippen LogP contribution is 2.15. The van der Waals surface area contributed by atoms with Crippen molar-refractivity contribution in [1.82, 2.24) is 4.98 Å². The quantitative estimate of drug-likeness (QED) is 0.768. The molecule has 0 radical (unpaired) electrons. The Hall–Kier alpha value is -2.16. The van der Waals surface area contributed by atoms with Gasteiger partial charge in [-0.15, -0.1) is 0 Å². The van der Waals surface area contributed by atoms with Crippen molar-refractivity contribution in [3.8, 4) is 5.75 Å². The van der Waals surface area contributed by atoms with Crippen LogP contribution in [0.3, 0.4) is 0 Å². The zero-order valence-corrected chi connectivity index (χ0v) is 11.2. The molecule has 0 unspecified atom stereocenters. The van der Waals surface area contributed by atoms with Crippen LogP contribution < -0.4 is 4.74 Å². The molecule has 0 saturated heterocycles. The van der Waals surface area contributed by atoms with Crippen LogP contribution >= 0.6 is 0 Å². The molecule has 0 spiro atoms. The minimum absolute atomic E-state index is 0.00698. The van der Waals surface area contributed by atoms with Crippen LogP contribution in [-0.2, 0) is 0 Å². The van der Waals surface area contributed by atoms with Gasteiger partial charge in [0.2, 0.25) is 0 Å². The number of benzene rings is 1. The number of pyridine rings is 1. The molecule has 0 aliphatic heterocycles. The number of ether oxygens (including phenoxy) is 1. The Morgan fingerprint density at radius 3 is 2.53 bits per heavy atom. The summed E-state index contributed by atoms with van der Waals surface area (Å²) in [5, 5.41) is 0. The summed E-state index contributed by atoms with van der Waals surface area (Å²) in [6.45, 7) is 4.62. The maximum Gasteiger partial charge on any atom is 0.193 e. The zero-order valence-electron chi connectivity index (χ0n) is 11.2. The smallest absolute Gasteiger partial charge is 0.193 e. The summed E-state index contributed by atoms with van der Waals surface area (Å²) in [4.78, 5) is 16.3. The van der Waals surface area contributed by atoms with E-state index in [1.807, 2.05) is 19.1 Å². The van der Waals surface area contributed by atoms with Crippen molar-refractivity contribution >= 4 is 5.78 Å². The van der Waals surface area contributed by atoms with E-state index in [1.165, 1.54) is 0 Å². The number of ketones is 1. The Bertz CT molecular complexity index is 561. The van der Waals surface area contributed by atoms with Crippen LogP contribution in [0.2, 0.25) is 0 Å². The second-order valence-corrected chi connectivity index (χ2v) is 4.39. The monoisotopic (exact) mass is 255 g/mol. The van der Waals surface area contributed by atoms with Crippen molar-refractivity contribution in [2.45, 2.75) is 20.3 Å². The highest BCUT2D eigenvalue weighted by molar-refractivity contribution is 6.09. The highest BCUT2D eigenvalue weighted by Gasteiger charge is 2.09. The van der Waals surface area contributed by atoms with Crippen LogP contribution in [0.1, 0.15) is 35.0 Å². The number of aryl methyl sites for hydroxylation is 1. The molecule has 3 nitrogen and oxygen atoms in total. The van der Waals surface area contributed by atoms with Crippen molar-refractivity contribution in [2.75, 3.05) is 6.61 Å². The lowest BCUT2D eigenvalue weighted by molar-refractivity contribution is 0.103. The average molecular weight is 255 g/mol. The normalized spacial score (nSPS) is 10.2. The lowest BCUT2D eigenvalue weighted by Gasteiger charge is -2.06. The van der Waals surface area contributed by atoms with E-state index in [1.54, 1.807) is 30.5 Å². The molecule has 0 aliphatic rings. The Labute approximate surface area is 113 Å². The number of nitrogens with zero attached hydrogens (tertiary/aromatic N) is 1. The van der Waals surface area contributed by atoms with Crippen LogP contribution in [0.4, 0.5) is 0 Å². The van der Waals surface area contributed by atoms with Gasteiger partial charge < -0.3 is 4.74 Å². The van der Waals surface area contributed by atoms with Gasteiger partial charge in [-0.2, -0.15) is 0 Å². The molecule has 0 saturated carbocycles. The summed E-state index contributed by atoms with van der Waals surface area (Å²) in [6, 6.07) is 10.8. The third-order valence-electron chi connectivity index (χ3n) is 2.75. The lowest BCUT2D eigenvalue weighted by atomic mass is 10.0. The standard InChI is InChI=1S/C16H17NO2/c1-3-10-19-15-6-4-13(5-7-15)16(18)14-8-9-17-12(2)11-14/h4-9,11H,3,10H2,1-2H3. The summed E-state index contributed by atoms with van der Waals surface area (Å²) in [5.74, 6) is 0.803. The second kappa shape index (κ2) is 6.14. The number of hydrogen-bond acceptors (Lipinski definition) is 3. The summed E-state index contributed by atoms with van der Waals surface area (Å²) < 4.78 is 5.49. The minimum Gasteiger partial charge on any atom is -0.494 e. The van der Waals surface area contributed by atoms with E-state index in [9.17, 15) is 4.79 Å². The summed E-state index contributed by atoms with van der Waals surface area (Å²) >= 11 is 0. The van der Waals surface area contributed by atoms with Gasteiger partial charge in [-0.3, -0.25) is 9.78 Å². The number of carbonyl (C=O) groups excluding carboxylic acids is 1. The molecule has 2 aromatic rings. The molecule has 0 N–H and O–H groups in total. The number of rotatable bonds is 5. The Morgan fingerprint density at radius 1 is 1.16 bits per heavy atom. The molecule has 1 aromatic heterocycles. The van der Waals surface area contributed by atoms with Gasteiger partial charge in [0.1, 0.15) is 5.75 Å². The Morgan fingerprint density at radius 2 is 1.89 bits per heavy atom. The van der Waals surface area contributed by atoms with Gasteiger partial charge in [0.25, 0.3) is 0 Å². The third-order valence-corrected chi connectivity index (χ3v) is 2.75. The summed E-state index contributed by atoms with van der Waals surface area (Å²) in [7, 11) is 0. The molecule has 3 heteroatoms. The molecule has 0 atom stereocenters. The van der Waals surface area contributed by atoms with Gasteiger partial charge in [-0.1, -0.05) is 6.92 Å². The lowest BCUT2D eigenvalue weighted by Crippen LogP contribution is -2.02. The first-order valence-electron chi connectivity index (χ1n) is 6.41. The third kappa shape index (κ3) is 3.41. The Kier molecular flexibility index (Phi) is 4.29. The fourth-order valence-corrected chi connectivity index (χ4v) is 1.78. The molecule has 98 valence electrons. The van der Waals surface area contributed by atoms with E-state index in [0.29, 0.717) is 17.7 Å². The van der Waals surface area contributed by atoms with Crippen molar-refractivity contribution < 1.29 is 9.53 Å². The number of aromatic nitrogens is 1. The van der Waals surface area contributed by atoms with Crippen LogP contribution in [0, 0.1) is 6.92 Å². The summed E-state index contributed by atoms with van der Waals surface area (Å²) in [5.41, 5.74) is 2.16. The SMILES string of the molecule is CCCOc1ccc(C(=O)c2ccnc(C)c2)cc1. The van der Waals surface area contributed by atoms with Gasteiger partial charge in [0, 0.05) is 23.0 Å². The van der Waals surface area contributed by atoms with Gasteiger partial charge >= 0.3 is 0 Å². The fraction of sp³-hybridized carbons (Fsp3) is 0.250. The van der Waals surface area contributed by atoms with Crippen LogP contribution in [0.5, 0.6) is 5.75 Å². The molecule has 1 aromatic carbocycles. The highest BCUT2D eigenvalue weighted by atomic mass is 16.5. The second-order valence-electron chi connectivity index (χ2n) is 4.39. The maximum atomic E-state index is 12.3. The number of hydrogen-bond donors (Lipinski definition) is 0. The molecular weight excluding hydrogens is 238 g/mol. The van der Waals surface area contributed by atoms with E-state index < -0.39 is 0 Å². The summed E-state index contributed by atoms with van der Waals surface area (Å²) in [6.07, 6.45) is 2.62. The topological polar surface area (TPSA) is 39.2 Å². The molecular formula is C16H17NO2. The molecule has 0 amide bonds. The van der Waals surface area contributed by atoms with Crippen molar-refractivity contribution in [1.29, 1.82) is 0 Å². The molecule has 0 aliphatic carbocycles. The van der Waals surface area contributed by atoms with Gasteiger partial charge in [0.05, 0.1) is 6.61 Å². The van der Waals surface area contributed by atoms with Gasteiger partial charge in [-0.05, 0) is 49.7 Å². The van der Waals surface area contributed by atoms with Gasteiger partial charge in [-0.25, -0.2) is 0 Å². The predicted octanol–water partition coefficient (Wildman–Crippen LogP) is 3.41. The zero-order chi connectivity index (χ0) is 13.7. The number of carbonyl (C=O) groups is 1. The minimum atomic E-state index is 0.00698. The molecule has 19 heavy (non-hydrogen) atoms. The van der Waals surface area contributed by atoms with Gasteiger partial charge in [0.15, 0.2) is 5.78 Å². The van der Waals surface area contributed by atoms with E-state index in [4.69, 9.17) is 4.74 Å². The fourth-order valence-electron chi connectivity index (χ4n) is 1.78. The predicted molar refractivity (Wildman–Crippen MR) is 74.6 cm³/mol. The molecule has 1 heterocycles. The molecule has 0 fully saturated rings. The van der Waals surface area contributed by atoms with Crippen LogP contribution in [-0.4, -0.2) is 17.4 Å². The van der Waals surface area contributed by atoms with Crippen molar-refractivity contribution in [3.63, 3.8) is 0 Å². The first-order chi connectivity index (χ1) is 9.20. The van der Waals surface area contributed by atoms with Crippen LogP contribution in [0.25, 0.3) is 0 Å². The first-order valence-corrected chi connectivity index (χ1v) is 6.41. The maximum absolute atomic E-state index is 12.3. The van der Waals surface area contributed by atoms with E-state index >= 15 is 0 Å². The molecule has 2 rings (SSSR count). The first kappa shape index (κ1) is 13.3. The largest absolute Gasteiger partial charge is 0.494 e. The van der Waals surface area contributed by atoms with Crippen molar-refractivity contribution in [3.05, 3.63) is 59.4 Å². The van der Waals surface area contributed by atoms with Crippen molar-refractivity contribution in [2.24, 2.45) is 0 Å². The van der Waals surface area contributed by atoms with E-state index in [-0.39, 0.29) is 5.78 Å². The molecule has 0 bridgehead atoms. The average Bonchev–Trinajstić information content (AvgIpc) is 2.45. The van der Waals surface area contributed by atoms with E-state index in [2.05, 4.69) is 11.9 Å². The van der Waals surface area contributed by atoms with Crippen LogP contribution in [0.15, 0.2) is 42.6 Å².